The van der Waals surface area contributed by atoms with E-state index in [1.807, 2.05) is 19.1 Å². The summed E-state index contributed by atoms with van der Waals surface area (Å²) in [6, 6.07) is 3.90. The summed E-state index contributed by atoms with van der Waals surface area (Å²) in [5, 5.41) is 2.92. The summed E-state index contributed by atoms with van der Waals surface area (Å²) < 4.78 is 0.720. The molecule has 0 aliphatic rings. The zero-order valence-electron chi connectivity index (χ0n) is 10.6. The first kappa shape index (κ1) is 13.9. The average Bonchev–Trinajstić information content (AvgIpc) is 2.69. The van der Waals surface area contributed by atoms with Gasteiger partial charge in [0, 0.05) is 29.5 Å². The highest BCUT2D eigenvalue weighted by molar-refractivity contribution is 7.73. The van der Waals surface area contributed by atoms with Crippen LogP contribution in [0, 0.1) is 10.9 Å². The number of hydrogen-bond acceptors (Lipinski definition) is 4. The van der Waals surface area contributed by atoms with E-state index >= 15 is 0 Å². The number of aromatic amines is 1. The molecule has 0 atom stereocenters. The highest BCUT2D eigenvalue weighted by Crippen LogP contribution is 2.14. The van der Waals surface area contributed by atoms with Gasteiger partial charge in [-0.25, -0.2) is 0 Å². The van der Waals surface area contributed by atoms with Gasteiger partial charge in [0.05, 0.1) is 6.42 Å². The van der Waals surface area contributed by atoms with E-state index in [-0.39, 0.29) is 5.91 Å². The van der Waals surface area contributed by atoms with E-state index in [4.69, 9.17) is 12.2 Å². The van der Waals surface area contributed by atoms with Crippen LogP contribution in [0.2, 0.25) is 0 Å². The Hall–Kier alpha value is -1.53. The van der Waals surface area contributed by atoms with Crippen molar-refractivity contribution in [3.8, 4) is 0 Å². The van der Waals surface area contributed by atoms with Gasteiger partial charge in [0.25, 0.3) is 0 Å². The Bertz CT molecular complexity index is 604. The number of nitrogens with zero attached hydrogens (tertiary/aromatic N) is 1. The van der Waals surface area contributed by atoms with Gasteiger partial charge in [-0.1, -0.05) is 0 Å². The van der Waals surface area contributed by atoms with Crippen molar-refractivity contribution in [3.63, 3.8) is 0 Å². The maximum absolute atomic E-state index is 11.8. The van der Waals surface area contributed by atoms with Crippen LogP contribution in [0.25, 0.3) is 0 Å². The predicted molar refractivity (Wildman–Crippen MR) is 78.9 cm³/mol. The Morgan fingerprint density at radius 1 is 1.47 bits per heavy atom. The van der Waals surface area contributed by atoms with Gasteiger partial charge in [0.2, 0.25) is 5.91 Å². The first-order valence-corrected chi connectivity index (χ1v) is 7.22. The molecule has 100 valence electrons. The maximum atomic E-state index is 11.8. The van der Waals surface area contributed by atoms with Gasteiger partial charge in [0.15, 0.2) is 3.95 Å². The average molecular weight is 293 g/mol. The number of hydrogen-bond donors (Lipinski definition) is 2. The molecule has 2 rings (SSSR count). The Labute approximate surface area is 120 Å². The van der Waals surface area contributed by atoms with Gasteiger partial charge in [-0.2, -0.15) is 0 Å². The van der Waals surface area contributed by atoms with E-state index in [1.165, 1.54) is 16.9 Å². The van der Waals surface area contributed by atoms with E-state index in [2.05, 4.69) is 15.3 Å². The number of amides is 1. The zero-order valence-corrected chi connectivity index (χ0v) is 12.2. The Balaban J connectivity index is 1.79. The Kier molecular flexibility index (Phi) is 4.81. The van der Waals surface area contributed by atoms with Gasteiger partial charge in [0.1, 0.15) is 0 Å². The van der Waals surface area contributed by atoms with Crippen LogP contribution >= 0.6 is 23.6 Å². The molecular weight excluding hydrogens is 278 g/mol. The summed E-state index contributed by atoms with van der Waals surface area (Å²) in [5.74, 6) is 0.0300. The summed E-state index contributed by atoms with van der Waals surface area (Å²) in [6.07, 6.45) is 4.72. The van der Waals surface area contributed by atoms with Crippen molar-refractivity contribution in [2.75, 3.05) is 6.54 Å². The summed E-state index contributed by atoms with van der Waals surface area (Å²) in [4.78, 5) is 19.8. The number of H-pyrrole nitrogens is 1. The SMILES string of the molecule is Cc1[nH]c(=S)sc1CC(=O)NCCc1ccncc1. The molecule has 19 heavy (non-hydrogen) atoms. The molecule has 2 N–H and O–H groups in total. The second-order valence-corrected chi connectivity index (χ2v) is 5.97. The number of aromatic nitrogens is 2. The van der Waals surface area contributed by atoms with Crippen LogP contribution in [0.1, 0.15) is 16.1 Å². The van der Waals surface area contributed by atoms with E-state index in [9.17, 15) is 4.79 Å². The minimum atomic E-state index is 0.0300. The summed E-state index contributed by atoms with van der Waals surface area (Å²) >= 11 is 6.51. The number of aryl methyl sites for hydroxylation is 1. The molecule has 2 aromatic heterocycles. The normalized spacial score (nSPS) is 10.4. The molecule has 6 heteroatoms. The zero-order chi connectivity index (χ0) is 13.7. The number of carbonyl (C=O) groups excluding carboxylic acids is 1. The van der Waals surface area contributed by atoms with Crippen molar-refractivity contribution in [1.82, 2.24) is 15.3 Å². The highest BCUT2D eigenvalue weighted by atomic mass is 32.1. The molecule has 0 saturated heterocycles. The second kappa shape index (κ2) is 6.58. The molecular formula is C13H15N3OS2. The minimum absolute atomic E-state index is 0.0300. The largest absolute Gasteiger partial charge is 0.355 e. The summed E-state index contributed by atoms with van der Waals surface area (Å²) in [6.45, 7) is 2.57. The van der Waals surface area contributed by atoms with Crippen molar-refractivity contribution in [1.29, 1.82) is 0 Å². The summed E-state index contributed by atoms with van der Waals surface area (Å²) in [5.41, 5.74) is 2.16. The number of thiazole rings is 1. The van der Waals surface area contributed by atoms with Crippen LogP contribution in [-0.4, -0.2) is 22.4 Å². The molecule has 0 aliphatic carbocycles. The topological polar surface area (TPSA) is 57.8 Å². The molecule has 2 heterocycles. The molecule has 0 bridgehead atoms. The molecule has 0 unspecified atom stereocenters. The van der Waals surface area contributed by atoms with E-state index in [0.717, 1.165) is 20.9 Å². The van der Waals surface area contributed by atoms with Crippen molar-refractivity contribution >= 4 is 29.5 Å². The summed E-state index contributed by atoms with van der Waals surface area (Å²) in [7, 11) is 0. The monoisotopic (exact) mass is 293 g/mol. The third-order valence-electron chi connectivity index (χ3n) is 2.73. The fourth-order valence-corrected chi connectivity index (χ4v) is 3.00. The minimum Gasteiger partial charge on any atom is -0.355 e. The fourth-order valence-electron chi connectivity index (χ4n) is 1.71. The van der Waals surface area contributed by atoms with Crippen LogP contribution < -0.4 is 5.32 Å². The van der Waals surface area contributed by atoms with Crippen LogP contribution in [0.15, 0.2) is 24.5 Å². The molecule has 0 radical (unpaired) electrons. The lowest BCUT2D eigenvalue weighted by Gasteiger charge is -2.04. The predicted octanol–water partition coefficient (Wildman–Crippen LogP) is 2.41. The van der Waals surface area contributed by atoms with Gasteiger partial charge in [-0.3, -0.25) is 9.78 Å². The van der Waals surface area contributed by atoms with Crippen LogP contribution in [0.4, 0.5) is 0 Å². The van der Waals surface area contributed by atoms with Crippen LogP contribution in [-0.2, 0) is 17.6 Å². The molecule has 0 aliphatic heterocycles. The second-order valence-electron chi connectivity index (χ2n) is 4.19. The lowest BCUT2D eigenvalue weighted by Crippen LogP contribution is -2.27. The Morgan fingerprint density at radius 2 is 2.21 bits per heavy atom. The molecule has 4 nitrogen and oxygen atoms in total. The first-order chi connectivity index (χ1) is 9.15. The molecule has 1 amide bonds. The van der Waals surface area contributed by atoms with Gasteiger partial charge in [-0.15, -0.1) is 11.3 Å². The third kappa shape index (κ3) is 4.25. The number of rotatable bonds is 5. The lowest BCUT2D eigenvalue weighted by atomic mass is 10.2. The van der Waals surface area contributed by atoms with Crippen LogP contribution in [0.5, 0.6) is 0 Å². The maximum Gasteiger partial charge on any atom is 0.225 e. The lowest BCUT2D eigenvalue weighted by molar-refractivity contribution is -0.120. The van der Waals surface area contributed by atoms with Crippen molar-refractivity contribution in [3.05, 3.63) is 44.6 Å². The Morgan fingerprint density at radius 3 is 2.84 bits per heavy atom. The van der Waals surface area contributed by atoms with Crippen molar-refractivity contribution < 1.29 is 4.79 Å². The van der Waals surface area contributed by atoms with E-state index in [1.54, 1.807) is 12.4 Å². The number of carbonyl (C=O) groups is 1. The number of pyridine rings is 1. The fraction of sp³-hybridized carbons (Fsp3) is 0.308. The molecule has 0 saturated carbocycles. The smallest absolute Gasteiger partial charge is 0.225 e. The number of nitrogens with one attached hydrogen (secondary N) is 2. The standard InChI is InChI=1S/C13H15N3OS2/c1-9-11(19-13(18)16-9)8-12(17)15-7-4-10-2-5-14-6-3-10/h2-3,5-6H,4,7-8H2,1H3,(H,15,17)(H,16,18). The molecule has 0 aromatic carbocycles. The molecule has 0 spiro atoms. The highest BCUT2D eigenvalue weighted by Gasteiger charge is 2.08. The van der Waals surface area contributed by atoms with E-state index in [0.29, 0.717) is 13.0 Å². The van der Waals surface area contributed by atoms with Gasteiger partial charge < -0.3 is 10.3 Å². The molecule has 2 aromatic rings. The van der Waals surface area contributed by atoms with Crippen molar-refractivity contribution in [2.24, 2.45) is 0 Å². The molecule has 0 fully saturated rings. The first-order valence-electron chi connectivity index (χ1n) is 5.99. The third-order valence-corrected chi connectivity index (χ3v) is 4.07. The van der Waals surface area contributed by atoms with Gasteiger partial charge in [-0.05, 0) is 43.3 Å². The van der Waals surface area contributed by atoms with Gasteiger partial charge >= 0.3 is 0 Å². The van der Waals surface area contributed by atoms with Crippen LogP contribution in [0.3, 0.4) is 0 Å². The van der Waals surface area contributed by atoms with E-state index < -0.39 is 0 Å². The van der Waals surface area contributed by atoms with Crippen molar-refractivity contribution in [2.45, 2.75) is 19.8 Å². The quantitative estimate of drug-likeness (QED) is 0.832.